The fraction of sp³-hybridized carbons (Fsp3) is 0. The molecule has 102 valence electrons. The van der Waals surface area contributed by atoms with Gasteiger partial charge >= 0.3 is 0 Å². The van der Waals surface area contributed by atoms with Crippen LogP contribution in [0.5, 0.6) is 0 Å². The minimum Gasteiger partial charge on any atom is -0.361 e. The topological polar surface area (TPSA) is 94.8 Å². The number of benzene rings is 1. The summed E-state index contributed by atoms with van der Waals surface area (Å²) in [5.74, 6) is 0. The van der Waals surface area contributed by atoms with Crippen molar-refractivity contribution < 1.29 is 8.42 Å². The number of aromatic amines is 2. The van der Waals surface area contributed by atoms with Gasteiger partial charge in [-0.3, -0.25) is 9.52 Å². The Morgan fingerprint density at radius 1 is 1.00 bits per heavy atom. The number of hydrogen-bond donors (Lipinski definition) is 3. The van der Waals surface area contributed by atoms with E-state index in [0.717, 1.165) is 10.9 Å². The van der Waals surface area contributed by atoms with Gasteiger partial charge in [0, 0.05) is 35.1 Å². The highest BCUT2D eigenvalue weighted by molar-refractivity contribution is 7.92. The highest BCUT2D eigenvalue weighted by atomic mass is 32.2. The standard InChI is InChI=1S/C13H11N3O3S/c17-13-4-2-11(8-15-13)20(18,19)16-10-1-3-12-9(7-10)5-6-14-12/h1-8,14,16H,(H,15,17). The van der Waals surface area contributed by atoms with Crippen LogP contribution in [0.2, 0.25) is 0 Å². The van der Waals surface area contributed by atoms with E-state index in [-0.39, 0.29) is 10.5 Å². The molecule has 0 atom stereocenters. The minimum absolute atomic E-state index is 0.00580. The van der Waals surface area contributed by atoms with Gasteiger partial charge in [-0.05, 0) is 30.3 Å². The lowest BCUT2D eigenvalue weighted by atomic mass is 10.2. The lowest BCUT2D eigenvalue weighted by Crippen LogP contribution is -2.15. The fourth-order valence-corrected chi connectivity index (χ4v) is 2.91. The van der Waals surface area contributed by atoms with Crippen LogP contribution in [0.4, 0.5) is 5.69 Å². The van der Waals surface area contributed by atoms with Crippen LogP contribution in [0.1, 0.15) is 0 Å². The Bertz CT molecular complexity index is 905. The van der Waals surface area contributed by atoms with Gasteiger partial charge in [0.15, 0.2) is 0 Å². The van der Waals surface area contributed by atoms with Crippen molar-refractivity contribution in [2.45, 2.75) is 4.90 Å². The molecule has 0 spiro atoms. The van der Waals surface area contributed by atoms with Gasteiger partial charge in [-0.2, -0.15) is 0 Å². The first-order chi connectivity index (χ1) is 9.54. The monoisotopic (exact) mass is 289 g/mol. The molecule has 6 nitrogen and oxygen atoms in total. The molecular formula is C13H11N3O3S. The van der Waals surface area contributed by atoms with Crippen molar-refractivity contribution in [3.8, 4) is 0 Å². The van der Waals surface area contributed by atoms with Crippen molar-refractivity contribution in [3.05, 3.63) is 59.1 Å². The van der Waals surface area contributed by atoms with E-state index in [1.807, 2.05) is 6.07 Å². The molecule has 0 bridgehead atoms. The average Bonchev–Trinajstić information content (AvgIpc) is 2.86. The van der Waals surface area contributed by atoms with Crippen molar-refractivity contribution in [1.82, 2.24) is 9.97 Å². The summed E-state index contributed by atoms with van der Waals surface area (Å²) in [4.78, 5) is 16.3. The molecular weight excluding hydrogens is 278 g/mol. The van der Waals surface area contributed by atoms with E-state index in [2.05, 4.69) is 14.7 Å². The molecule has 0 aliphatic carbocycles. The molecule has 20 heavy (non-hydrogen) atoms. The highest BCUT2D eigenvalue weighted by Gasteiger charge is 2.14. The SMILES string of the molecule is O=c1ccc(S(=O)(=O)Nc2ccc3[nH]ccc3c2)c[nH]1. The maximum absolute atomic E-state index is 12.1. The molecule has 2 aromatic heterocycles. The third-order valence-electron chi connectivity index (χ3n) is 2.87. The fourth-order valence-electron chi connectivity index (χ4n) is 1.89. The molecule has 0 amide bonds. The maximum atomic E-state index is 12.1. The van der Waals surface area contributed by atoms with Gasteiger partial charge < -0.3 is 9.97 Å². The van der Waals surface area contributed by atoms with Gasteiger partial charge in [-0.25, -0.2) is 8.42 Å². The number of H-pyrrole nitrogens is 2. The summed E-state index contributed by atoms with van der Waals surface area (Å²) in [5.41, 5.74) is 1.04. The molecule has 0 saturated carbocycles. The number of rotatable bonds is 3. The van der Waals surface area contributed by atoms with Crippen LogP contribution in [0.3, 0.4) is 0 Å². The summed E-state index contributed by atoms with van der Waals surface area (Å²) in [7, 11) is -3.71. The summed E-state index contributed by atoms with van der Waals surface area (Å²) >= 11 is 0. The van der Waals surface area contributed by atoms with Gasteiger partial charge in [0.2, 0.25) is 5.56 Å². The Labute approximate surface area is 114 Å². The summed E-state index contributed by atoms with van der Waals surface area (Å²) in [6.07, 6.45) is 2.95. The lowest BCUT2D eigenvalue weighted by molar-refractivity contribution is 0.600. The summed E-state index contributed by atoms with van der Waals surface area (Å²) in [5, 5.41) is 0.909. The molecule has 3 N–H and O–H groups in total. The number of sulfonamides is 1. The van der Waals surface area contributed by atoms with Gasteiger partial charge in [0.1, 0.15) is 4.90 Å². The number of nitrogens with one attached hydrogen (secondary N) is 3. The Kier molecular flexibility index (Phi) is 2.83. The molecule has 7 heteroatoms. The Morgan fingerprint density at radius 3 is 2.60 bits per heavy atom. The molecule has 0 radical (unpaired) electrons. The molecule has 0 saturated heterocycles. The second kappa shape index (κ2) is 4.53. The third-order valence-corrected chi connectivity index (χ3v) is 4.25. The number of aromatic nitrogens is 2. The van der Waals surface area contributed by atoms with Crippen molar-refractivity contribution in [2.75, 3.05) is 4.72 Å². The van der Waals surface area contributed by atoms with E-state index in [1.165, 1.54) is 18.3 Å². The smallest absolute Gasteiger partial charge is 0.263 e. The molecule has 1 aromatic carbocycles. The summed E-state index contributed by atoms with van der Waals surface area (Å²) in [6, 6.07) is 9.48. The van der Waals surface area contributed by atoms with Crippen molar-refractivity contribution in [2.24, 2.45) is 0 Å². The summed E-state index contributed by atoms with van der Waals surface area (Å²) < 4.78 is 26.8. The zero-order chi connectivity index (χ0) is 14.2. The van der Waals surface area contributed by atoms with E-state index in [4.69, 9.17) is 0 Å². The molecule has 0 aliphatic rings. The number of hydrogen-bond acceptors (Lipinski definition) is 3. The quantitative estimate of drug-likeness (QED) is 0.684. The molecule has 2 heterocycles. The van der Waals surface area contributed by atoms with E-state index in [9.17, 15) is 13.2 Å². The second-order valence-corrected chi connectivity index (χ2v) is 5.96. The highest BCUT2D eigenvalue weighted by Crippen LogP contribution is 2.20. The predicted molar refractivity (Wildman–Crippen MR) is 76.2 cm³/mol. The molecule has 0 unspecified atom stereocenters. The Balaban J connectivity index is 1.96. The predicted octanol–water partition coefficient (Wildman–Crippen LogP) is 1.66. The van der Waals surface area contributed by atoms with Crippen molar-refractivity contribution in [1.29, 1.82) is 0 Å². The van der Waals surface area contributed by atoms with Crippen LogP contribution >= 0.6 is 0 Å². The lowest BCUT2D eigenvalue weighted by Gasteiger charge is -2.07. The van der Waals surface area contributed by atoms with Crippen LogP contribution in [0, 0.1) is 0 Å². The van der Waals surface area contributed by atoms with E-state index in [1.54, 1.807) is 24.4 Å². The van der Waals surface area contributed by atoms with Gasteiger partial charge in [-0.15, -0.1) is 0 Å². The van der Waals surface area contributed by atoms with Crippen LogP contribution in [0.25, 0.3) is 10.9 Å². The summed E-state index contributed by atoms with van der Waals surface area (Å²) in [6.45, 7) is 0. The van der Waals surface area contributed by atoms with Crippen LogP contribution in [-0.4, -0.2) is 18.4 Å². The first-order valence-corrected chi connectivity index (χ1v) is 7.32. The van der Waals surface area contributed by atoms with Gasteiger partial charge in [0.05, 0.1) is 0 Å². The Morgan fingerprint density at radius 2 is 1.85 bits per heavy atom. The first-order valence-electron chi connectivity index (χ1n) is 5.83. The van der Waals surface area contributed by atoms with Crippen molar-refractivity contribution >= 4 is 26.6 Å². The van der Waals surface area contributed by atoms with E-state index >= 15 is 0 Å². The largest absolute Gasteiger partial charge is 0.361 e. The molecule has 0 aliphatic heterocycles. The van der Waals surface area contributed by atoms with Crippen LogP contribution < -0.4 is 10.3 Å². The van der Waals surface area contributed by atoms with E-state index in [0.29, 0.717) is 5.69 Å². The van der Waals surface area contributed by atoms with Gasteiger partial charge in [0.25, 0.3) is 10.0 Å². The molecule has 3 rings (SSSR count). The first kappa shape index (κ1) is 12.5. The number of pyridine rings is 1. The van der Waals surface area contributed by atoms with Crippen molar-refractivity contribution in [3.63, 3.8) is 0 Å². The normalized spacial score (nSPS) is 11.6. The average molecular weight is 289 g/mol. The van der Waals surface area contributed by atoms with Crippen LogP contribution in [-0.2, 0) is 10.0 Å². The molecule has 0 fully saturated rings. The minimum atomic E-state index is -3.71. The maximum Gasteiger partial charge on any atom is 0.263 e. The third kappa shape index (κ3) is 2.30. The van der Waals surface area contributed by atoms with E-state index < -0.39 is 10.0 Å². The second-order valence-electron chi connectivity index (χ2n) is 4.27. The number of anilines is 1. The zero-order valence-corrected chi connectivity index (χ0v) is 11.1. The van der Waals surface area contributed by atoms with Crippen LogP contribution in [0.15, 0.2) is 58.5 Å². The number of fused-ring (bicyclic) bond motifs is 1. The molecule has 3 aromatic rings. The Hall–Kier alpha value is -2.54. The zero-order valence-electron chi connectivity index (χ0n) is 10.3. The van der Waals surface area contributed by atoms with Gasteiger partial charge in [-0.1, -0.05) is 0 Å².